The monoisotopic (exact) mass is 245 g/mol. The molecule has 3 aromatic rings. The molecule has 0 saturated carbocycles. The van der Waals surface area contributed by atoms with Crippen LogP contribution in [0.2, 0.25) is 0 Å². The number of aliphatic hydroxyl groups excluding tert-OH is 2. The van der Waals surface area contributed by atoms with Crippen molar-refractivity contribution in [1.29, 1.82) is 0 Å². The predicted molar refractivity (Wildman–Crippen MR) is 65.2 cm³/mol. The summed E-state index contributed by atoms with van der Waals surface area (Å²) >= 11 is 0. The van der Waals surface area contributed by atoms with Crippen LogP contribution in [-0.2, 0) is 13.2 Å². The number of aromatic nitrogens is 3. The lowest BCUT2D eigenvalue weighted by Gasteiger charge is -2.05. The van der Waals surface area contributed by atoms with Gasteiger partial charge in [-0.1, -0.05) is 0 Å². The van der Waals surface area contributed by atoms with Crippen molar-refractivity contribution in [3.05, 3.63) is 46.0 Å². The zero-order chi connectivity index (χ0) is 12.7. The molecule has 3 rings (SSSR count). The molecule has 0 unspecified atom stereocenters. The number of aromatic amines is 1. The van der Waals surface area contributed by atoms with Crippen molar-refractivity contribution in [1.82, 2.24) is 14.6 Å². The number of nitrogens with zero attached hydrogens (tertiary/aromatic N) is 2. The molecule has 92 valence electrons. The highest BCUT2D eigenvalue weighted by Gasteiger charge is 2.10. The number of fused-ring (bicyclic) bond motifs is 3. The molecule has 0 aliphatic heterocycles. The zero-order valence-corrected chi connectivity index (χ0v) is 9.42. The van der Waals surface area contributed by atoms with Gasteiger partial charge in [-0.25, -0.2) is 4.52 Å². The van der Waals surface area contributed by atoms with E-state index >= 15 is 0 Å². The Morgan fingerprint density at radius 2 is 1.83 bits per heavy atom. The molecule has 2 aromatic heterocycles. The Bertz CT molecular complexity index is 788. The quantitative estimate of drug-likeness (QED) is 0.600. The van der Waals surface area contributed by atoms with Crippen LogP contribution in [0.5, 0.6) is 0 Å². The smallest absolute Gasteiger partial charge is 0.275 e. The highest BCUT2D eigenvalue weighted by atomic mass is 16.3. The Morgan fingerprint density at radius 1 is 1.11 bits per heavy atom. The Balaban J connectivity index is 2.47. The summed E-state index contributed by atoms with van der Waals surface area (Å²) in [4.78, 5) is 14.1. The standard InChI is InChI=1S/C12H11N3O3/c16-4-8-1-7-2-11-12(18)13-6-14-15(11)10(7)3-9(8)5-17/h1-3,6,16-17H,4-5H2,(H,13,14,18). The maximum absolute atomic E-state index is 11.6. The van der Waals surface area contributed by atoms with Gasteiger partial charge in [0.1, 0.15) is 11.8 Å². The number of hydrogen-bond acceptors (Lipinski definition) is 4. The highest BCUT2D eigenvalue weighted by molar-refractivity contribution is 5.87. The zero-order valence-electron chi connectivity index (χ0n) is 9.42. The first kappa shape index (κ1) is 10.9. The van der Waals surface area contributed by atoms with Gasteiger partial charge in [-0.15, -0.1) is 0 Å². The number of benzene rings is 1. The molecule has 0 amide bonds. The van der Waals surface area contributed by atoms with Gasteiger partial charge in [0.05, 0.1) is 18.7 Å². The van der Waals surface area contributed by atoms with Crippen LogP contribution in [-0.4, -0.2) is 24.8 Å². The van der Waals surface area contributed by atoms with Crippen molar-refractivity contribution < 1.29 is 10.2 Å². The Labute approximate surface area is 101 Å². The molecule has 0 fully saturated rings. The van der Waals surface area contributed by atoms with Crippen molar-refractivity contribution >= 4 is 16.4 Å². The van der Waals surface area contributed by atoms with Crippen molar-refractivity contribution in [3.8, 4) is 0 Å². The Hall–Kier alpha value is -2.18. The average molecular weight is 245 g/mol. The molecular weight excluding hydrogens is 234 g/mol. The third kappa shape index (κ3) is 1.43. The molecule has 0 radical (unpaired) electrons. The fourth-order valence-electron chi connectivity index (χ4n) is 2.13. The van der Waals surface area contributed by atoms with Gasteiger partial charge in [0.2, 0.25) is 0 Å². The summed E-state index contributed by atoms with van der Waals surface area (Å²) in [6, 6.07) is 5.21. The molecule has 6 nitrogen and oxygen atoms in total. The summed E-state index contributed by atoms with van der Waals surface area (Å²) in [5, 5.41) is 23.4. The predicted octanol–water partition coefficient (Wildman–Crippen LogP) is 0.160. The minimum absolute atomic E-state index is 0.151. The van der Waals surface area contributed by atoms with E-state index in [2.05, 4.69) is 10.1 Å². The molecule has 0 aliphatic carbocycles. The van der Waals surface area contributed by atoms with Crippen LogP contribution in [0, 0.1) is 0 Å². The SMILES string of the molecule is O=c1[nH]cnn2c1cc1cc(CO)c(CO)cc12. The fourth-order valence-corrected chi connectivity index (χ4v) is 2.13. The normalized spacial score (nSPS) is 11.4. The molecule has 1 aromatic carbocycles. The van der Waals surface area contributed by atoms with Crippen LogP contribution in [0.3, 0.4) is 0 Å². The molecule has 18 heavy (non-hydrogen) atoms. The molecule has 0 saturated heterocycles. The lowest BCUT2D eigenvalue weighted by atomic mass is 10.1. The topological polar surface area (TPSA) is 90.6 Å². The lowest BCUT2D eigenvalue weighted by Crippen LogP contribution is -2.09. The summed E-state index contributed by atoms with van der Waals surface area (Å²) in [7, 11) is 0. The number of hydrogen-bond donors (Lipinski definition) is 3. The third-order valence-electron chi connectivity index (χ3n) is 3.04. The summed E-state index contributed by atoms with van der Waals surface area (Å²) in [5.41, 5.74) is 2.23. The van der Waals surface area contributed by atoms with Gasteiger partial charge in [0.25, 0.3) is 5.56 Å². The number of H-pyrrole nitrogens is 1. The van der Waals surface area contributed by atoms with Crippen LogP contribution in [0.1, 0.15) is 11.1 Å². The largest absolute Gasteiger partial charge is 0.392 e. The minimum atomic E-state index is -0.225. The van der Waals surface area contributed by atoms with Gasteiger partial charge in [0, 0.05) is 5.39 Å². The van der Waals surface area contributed by atoms with Gasteiger partial charge in [0.15, 0.2) is 0 Å². The number of aliphatic hydroxyl groups is 2. The molecule has 6 heteroatoms. The maximum atomic E-state index is 11.6. The summed E-state index contributed by atoms with van der Waals surface area (Å²) < 4.78 is 1.52. The van der Waals surface area contributed by atoms with Gasteiger partial charge >= 0.3 is 0 Å². The average Bonchev–Trinajstić information content (AvgIpc) is 2.76. The van der Waals surface area contributed by atoms with E-state index in [1.807, 2.05) is 0 Å². The van der Waals surface area contributed by atoms with E-state index < -0.39 is 0 Å². The van der Waals surface area contributed by atoms with Crippen LogP contribution >= 0.6 is 0 Å². The van der Waals surface area contributed by atoms with E-state index in [0.29, 0.717) is 16.6 Å². The van der Waals surface area contributed by atoms with Crippen molar-refractivity contribution in [2.75, 3.05) is 0 Å². The van der Waals surface area contributed by atoms with E-state index in [-0.39, 0.29) is 18.8 Å². The first-order valence-corrected chi connectivity index (χ1v) is 5.47. The second kappa shape index (κ2) is 3.94. The Kier molecular flexibility index (Phi) is 2.39. The molecule has 0 bridgehead atoms. The molecule has 2 heterocycles. The molecule has 0 spiro atoms. The molecular formula is C12H11N3O3. The number of nitrogens with one attached hydrogen (secondary N) is 1. The first-order valence-electron chi connectivity index (χ1n) is 5.47. The number of rotatable bonds is 2. The van der Waals surface area contributed by atoms with Gasteiger partial charge in [-0.2, -0.15) is 5.10 Å². The van der Waals surface area contributed by atoms with E-state index in [1.54, 1.807) is 18.2 Å². The first-order chi connectivity index (χ1) is 8.74. The van der Waals surface area contributed by atoms with Gasteiger partial charge < -0.3 is 15.2 Å². The third-order valence-corrected chi connectivity index (χ3v) is 3.04. The second-order valence-corrected chi connectivity index (χ2v) is 4.06. The summed E-state index contributed by atoms with van der Waals surface area (Å²) in [5.74, 6) is 0. The molecule has 0 aliphatic rings. The lowest BCUT2D eigenvalue weighted by molar-refractivity contribution is 0.260. The van der Waals surface area contributed by atoms with E-state index in [9.17, 15) is 15.0 Å². The van der Waals surface area contributed by atoms with Crippen molar-refractivity contribution in [2.24, 2.45) is 0 Å². The fraction of sp³-hybridized carbons (Fsp3) is 0.167. The van der Waals surface area contributed by atoms with Crippen LogP contribution < -0.4 is 5.56 Å². The summed E-state index contributed by atoms with van der Waals surface area (Å²) in [6.45, 7) is -0.315. The van der Waals surface area contributed by atoms with Crippen LogP contribution in [0.15, 0.2) is 29.3 Å². The summed E-state index contributed by atoms with van der Waals surface area (Å²) in [6.07, 6.45) is 1.33. The molecule has 0 atom stereocenters. The minimum Gasteiger partial charge on any atom is -0.392 e. The maximum Gasteiger partial charge on any atom is 0.275 e. The Morgan fingerprint density at radius 3 is 2.56 bits per heavy atom. The van der Waals surface area contributed by atoms with Crippen molar-refractivity contribution in [2.45, 2.75) is 13.2 Å². The van der Waals surface area contributed by atoms with Crippen molar-refractivity contribution in [3.63, 3.8) is 0 Å². The van der Waals surface area contributed by atoms with Gasteiger partial charge in [-0.05, 0) is 29.3 Å². The highest BCUT2D eigenvalue weighted by Crippen LogP contribution is 2.22. The van der Waals surface area contributed by atoms with E-state index in [4.69, 9.17) is 0 Å². The van der Waals surface area contributed by atoms with Crippen LogP contribution in [0.25, 0.3) is 16.4 Å². The van der Waals surface area contributed by atoms with Crippen LogP contribution in [0.4, 0.5) is 0 Å². The van der Waals surface area contributed by atoms with E-state index in [0.717, 1.165) is 10.9 Å². The second-order valence-electron chi connectivity index (χ2n) is 4.06. The van der Waals surface area contributed by atoms with E-state index in [1.165, 1.54) is 10.8 Å². The van der Waals surface area contributed by atoms with Gasteiger partial charge in [-0.3, -0.25) is 4.79 Å². The molecule has 3 N–H and O–H groups in total.